The molecule has 0 bridgehead atoms. The molecule has 2 N–H and O–H groups in total. The fourth-order valence-corrected chi connectivity index (χ4v) is 2.10. The number of aryl methyl sites for hydroxylation is 1. The molecule has 0 saturated heterocycles. The van der Waals surface area contributed by atoms with Crippen LogP contribution in [0.1, 0.15) is 31.9 Å². The zero-order chi connectivity index (χ0) is 17.5. The van der Waals surface area contributed by atoms with Crippen molar-refractivity contribution in [3.63, 3.8) is 0 Å². The summed E-state index contributed by atoms with van der Waals surface area (Å²) >= 11 is 0. The lowest BCUT2D eigenvalue weighted by Crippen LogP contribution is -2.44. The lowest BCUT2D eigenvalue weighted by atomic mass is 9.84. The number of carbonyl (C=O) groups is 1. The molecule has 0 heterocycles. The average Bonchev–Trinajstić information content (AvgIpc) is 2.49. The van der Waals surface area contributed by atoms with Crippen molar-refractivity contribution in [1.82, 2.24) is 15.5 Å². The van der Waals surface area contributed by atoms with Gasteiger partial charge in [0.05, 0.1) is 0 Å². The van der Waals surface area contributed by atoms with Crippen molar-refractivity contribution in [2.24, 2.45) is 4.99 Å². The predicted octanol–water partition coefficient (Wildman–Crippen LogP) is 1.92. The van der Waals surface area contributed by atoms with Gasteiger partial charge in [-0.15, -0.1) is 0 Å². The summed E-state index contributed by atoms with van der Waals surface area (Å²) in [5.74, 6) is 0.656. The van der Waals surface area contributed by atoms with Crippen molar-refractivity contribution in [2.75, 3.05) is 33.7 Å². The Morgan fingerprint density at radius 2 is 1.96 bits per heavy atom. The maximum atomic E-state index is 11.7. The van der Waals surface area contributed by atoms with Gasteiger partial charge in [0.1, 0.15) is 6.54 Å². The maximum absolute atomic E-state index is 11.7. The van der Waals surface area contributed by atoms with Gasteiger partial charge in [-0.25, -0.2) is 4.99 Å². The monoisotopic (exact) mass is 318 g/mol. The number of aliphatic imine (C=N–C) groups is 1. The molecule has 0 unspecified atom stereocenters. The molecule has 0 aromatic heterocycles. The Hall–Kier alpha value is -2.04. The number of likely N-dealkylation sites (N-methyl/N-ethyl adjacent to an activating group) is 1. The third kappa shape index (κ3) is 6.30. The summed E-state index contributed by atoms with van der Waals surface area (Å²) in [7, 11) is 3.47. The van der Waals surface area contributed by atoms with Gasteiger partial charge in [0.25, 0.3) is 0 Å². The smallest absolute Gasteiger partial charge is 0.243 e. The summed E-state index contributed by atoms with van der Waals surface area (Å²) in [4.78, 5) is 17.6. The first-order valence-electron chi connectivity index (χ1n) is 8.05. The van der Waals surface area contributed by atoms with Crippen LogP contribution in [0.15, 0.2) is 29.3 Å². The predicted molar refractivity (Wildman–Crippen MR) is 96.9 cm³/mol. The Labute approximate surface area is 140 Å². The molecule has 1 amide bonds. The van der Waals surface area contributed by atoms with Crippen LogP contribution in [0, 0.1) is 6.92 Å². The molecular weight excluding hydrogens is 288 g/mol. The molecule has 0 spiro atoms. The van der Waals surface area contributed by atoms with Gasteiger partial charge < -0.3 is 15.5 Å². The molecule has 5 nitrogen and oxygen atoms in total. The lowest BCUT2D eigenvalue weighted by Gasteiger charge is -2.27. The fraction of sp³-hybridized carbons (Fsp3) is 0.556. The minimum absolute atomic E-state index is 0.0138. The van der Waals surface area contributed by atoms with Gasteiger partial charge in [-0.2, -0.15) is 0 Å². The van der Waals surface area contributed by atoms with Crippen molar-refractivity contribution in [3.05, 3.63) is 35.4 Å². The highest BCUT2D eigenvalue weighted by molar-refractivity contribution is 5.84. The maximum Gasteiger partial charge on any atom is 0.243 e. The number of guanidine groups is 1. The third-order valence-corrected chi connectivity index (χ3v) is 3.71. The van der Waals surface area contributed by atoms with E-state index in [1.165, 1.54) is 11.1 Å². The van der Waals surface area contributed by atoms with Crippen molar-refractivity contribution in [1.29, 1.82) is 0 Å². The molecule has 1 aromatic carbocycles. The van der Waals surface area contributed by atoms with Gasteiger partial charge in [0, 0.05) is 32.6 Å². The average molecular weight is 318 g/mol. The van der Waals surface area contributed by atoms with E-state index in [1.54, 1.807) is 19.0 Å². The normalized spacial score (nSPS) is 12.0. The van der Waals surface area contributed by atoms with E-state index in [4.69, 9.17) is 0 Å². The van der Waals surface area contributed by atoms with Gasteiger partial charge in [-0.1, -0.05) is 43.7 Å². The highest BCUT2D eigenvalue weighted by atomic mass is 16.2. The van der Waals surface area contributed by atoms with E-state index in [1.807, 2.05) is 6.92 Å². The second kappa shape index (κ2) is 8.56. The van der Waals surface area contributed by atoms with Crippen LogP contribution in [-0.4, -0.2) is 50.5 Å². The molecule has 0 saturated carbocycles. The minimum Gasteiger partial charge on any atom is -0.357 e. The molecule has 23 heavy (non-hydrogen) atoms. The van der Waals surface area contributed by atoms with E-state index in [0.717, 1.165) is 13.1 Å². The van der Waals surface area contributed by atoms with E-state index >= 15 is 0 Å². The van der Waals surface area contributed by atoms with Crippen molar-refractivity contribution in [3.8, 4) is 0 Å². The number of rotatable bonds is 6. The van der Waals surface area contributed by atoms with E-state index in [-0.39, 0.29) is 17.9 Å². The Kier molecular flexibility index (Phi) is 7.07. The molecular formula is C18H30N4O. The summed E-state index contributed by atoms with van der Waals surface area (Å²) < 4.78 is 0. The summed E-state index contributed by atoms with van der Waals surface area (Å²) in [5.41, 5.74) is 2.51. The molecule has 0 aliphatic rings. The minimum atomic E-state index is -0.0340. The number of hydrogen-bond donors (Lipinski definition) is 2. The Bertz CT molecular complexity index is 550. The molecule has 128 valence electrons. The lowest BCUT2D eigenvalue weighted by molar-refractivity contribution is -0.127. The van der Waals surface area contributed by atoms with E-state index in [9.17, 15) is 4.79 Å². The molecule has 0 fully saturated rings. The molecule has 1 rings (SSSR count). The van der Waals surface area contributed by atoms with Gasteiger partial charge in [-0.3, -0.25) is 4.79 Å². The van der Waals surface area contributed by atoms with E-state index < -0.39 is 0 Å². The fourth-order valence-electron chi connectivity index (χ4n) is 2.10. The number of benzene rings is 1. The topological polar surface area (TPSA) is 56.7 Å². The van der Waals surface area contributed by atoms with Gasteiger partial charge in [0.2, 0.25) is 5.91 Å². The highest BCUT2D eigenvalue weighted by Crippen LogP contribution is 2.22. The van der Waals surface area contributed by atoms with Crippen LogP contribution < -0.4 is 10.6 Å². The SMILES string of the molecule is CCNC(=NCC(=O)N(C)C)NCC(C)(C)c1cccc(C)c1. The Morgan fingerprint density at radius 1 is 1.26 bits per heavy atom. The highest BCUT2D eigenvalue weighted by Gasteiger charge is 2.21. The van der Waals surface area contributed by atoms with Crippen molar-refractivity contribution < 1.29 is 4.79 Å². The molecule has 0 aliphatic carbocycles. The number of carbonyl (C=O) groups excluding carboxylic acids is 1. The van der Waals surface area contributed by atoms with Crippen molar-refractivity contribution >= 4 is 11.9 Å². The van der Waals surface area contributed by atoms with Crippen LogP contribution in [0.5, 0.6) is 0 Å². The molecule has 1 aromatic rings. The van der Waals surface area contributed by atoms with Crippen molar-refractivity contribution in [2.45, 2.75) is 33.1 Å². The van der Waals surface area contributed by atoms with E-state index in [2.05, 4.69) is 60.7 Å². The zero-order valence-corrected chi connectivity index (χ0v) is 15.2. The van der Waals surface area contributed by atoms with Crippen LogP contribution in [0.4, 0.5) is 0 Å². The van der Waals surface area contributed by atoms with Crippen LogP contribution in [0.25, 0.3) is 0 Å². The first kappa shape index (κ1) is 19.0. The number of amides is 1. The second-order valence-electron chi connectivity index (χ2n) is 6.59. The Balaban J connectivity index is 2.73. The van der Waals surface area contributed by atoms with Gasteiger partial charge in [0.15, 0.2) is 5.96 Å². The van der Waals surface area contributed by atoms with Crippen LogP contribution in [0.2, 0.25) is 0 Å². The molecule has 0 atom stereocenters. The summed E-state index contributed by atoms with van der Waals surface area (Å²) in [6, 6.07) is 8.54. The number of hydrogen-bond acceptors (Lipinski definition) is 2. The Morgan fingerprint density at radius 3 is 2.52 bits per heavy atom. The quantitative estimate of drug-likeness (QED) is 0.622. The molecule has 5 heteroatoms. The van der Waals surface area contributed by atoms with Gasteiger partial charge in [-0.05, 0) is 19.4 Å². The standard InChI is InChI=1S/C18H30N4O/c1-7-19-17(20-12-16(23)22(5)6)21-13-18(3,4)15-10-8-9-14(2)11-15/h8-11H,7,12-13H2,1-6H3,(H2,19,20,21). The number of nitrogens with zero attached hydrogens (tertiary/aromatic N) is 2. The first-order chi connectivity index (χ1) is 10.8. The second-order valence-corrected chi connectivity index (χ2v) is 6.59. The van der Waals surface area contributed by atoms with Gasteiger partial charge >= 0.3 is 0 Å². The summed E-state index contributed by atoms with van der Waals surface area (Å²) in [6.45, 7) is 10.1. The molecule has 0 radical (unpaired) electrons. The molecule has 0 aliphatic heterocycles. The number of nitrogens with one attached hydrogen (secondary N) is 2. The van der Waals surface area contributed by atoms with Crippen LogP contribution >= 0.6 is 0 Å². The third-order valence-electron chi connectivity index (χ3n) is 3.71. The van der Waals surface area contributed by atoms with Crippen LogP contribution in [0.3, 0.4) is 0 Å². The first-order valence-corrected chi connectivity index (χ1v) is 8.05. The zero-order valence-electron chi connectivity index (χ0n) is 15.2. The van der Waals surface area contributed by atoms with Crippen LogP contribution in [-0.2, 0) is 10.2 Å². The van der Waals surface area contributed by atoms with E-state index in [0.29, 0.717) is 5.96 Å². The summed E-state index contributed by atoms with van der Waals surface area (Å²) in [6.07, 6.45) is 0. The largest absolute Gasteiger partial charge is 0.357 e. The summed E-state index contributed by atoms with van der Waals surface area (Å²) in [5, 5.41) is 6.52.